The van der Waals surface area contributed by atoms with Crippen molar-refractivity contribution in [3.05, 3.63) is 29.5 Å². The third-order valence-corrected chi connectivity index (χ3v) is 2.64. The fourth-order valence-electron chi connectivity index (χ4n) is 1.64. The van der Waals surface area contributed by atoms with Gasteiger partial charge >= 0.3 is 0 Å². The zero-order valence-electron chi connectivity index (χ0n) is 10.4. The molecule has 0 spiro atoms. The maximum absolute atomic E-state index is 5.69. The Labute approximate surface area is 101 Å². The van der Waals surface area contributed by atoms with Crippen LogP contribution in [-0.4, -0.2) is 15.8 Å². The first-order valence-electron chi connectivity index (χ1n) is 5.68. The van der Waals surface area contributed by atoms with Gasteiger partial charge in [-0.15, -0.1) is 0 Å². The minimum Gasteiger partial charge on any atom is -0.387 e. The Hall–Kier alpha value is -1.97. The lowest BCUT2D eigenvalue weighted by molar-refractivity contribution is 1.11. The highest BCUT2D eigenvalue weighted by atomic mass is 15.1. The van der Waals surface area contributed by atoms with E-state index in [4.69, 9.17) is 5.73 Å². The lowest BCUT2D eigenvalue weighted by Crippen LogP contribution is -2.09. The van der Waals surface area contributed by atoms with Crippen molar-refractivity contribution in [1.29, 1.82) is 0 Å². The fourth-order valence-corrected chi connectivity index (χ4v) is 1.64. The van der Waals surface area contributed by atoms with Crippen LogP contribution in [0.5, 0.6) is 0 Å². The molecule has 0 fully saturated rings. The first kappa shape index (κ1) is 11.5. The summed E-state index contributed by atoms with van der Waals surface area (Å²) in [5, 5.41) is 1.07. The second-order valence-electron chi connectivity index (χ2n) is 4.09. The molecule has 0 radical (unpaired) electrons. The molecule has 1 heterocycles. The van der Waals surface area contributed by atoms with E-state index in [1.165, 1.54) is 5.56 Å². The lowest BCUT2D eigenvalue weighted by atomic mass is 10.1. The van der Waals surface area contributed by atoms with Crippen LogP contribution in [0.4, 0.5) is 5.95 Å². The van der Waals surface area contributed by atoms with Gasteiger partial charge in [0.15, 0.2) is 0 Å². The fraction of sp³-hybridized carbons (Fsp3) is 0.308. The quantitative estimate of drug-likeness (QED) is 0.634. The molecule has 4 heteroatoms. The number of amidine groups is 1. The molecular weight excluding hydrogens is 212 g/mol. The van der Waals surface area contributed by atoms with E-state index in [2.05, 4.69) is 28.0 Å². The van der Waals surface area contributed by atoms with E-state index in [-0.39, 0.29) is 0 Å². The van der Waals surface area contributed by atoms with E-state index in [0.29, 0.717) is 18.2 Å². The molecule has 17 heavy (non-hydrogen) atoms. The normalized spacial score (nSPS) is 12.1. The Morgan fingerprint density at radius 1 is 1.29 bits per heavy atom. The number of benzene rings is 1. The highest BCUT2D eigenvalue weighted by Crippen LogP contribution is 2.19. The summed E-state index contributed by atoms with van der Waals surface area (Å²) < 4.78 is 0. The standard InChI is InChI=1S/C13H16N4/c1-4-12(14)17-13-15-9(3)10-7-8(2)5-6-11(10)16-13/h5-7H,4H2,1-3H3,(H2,14,15,16,17). The molecule has 0 unspecified atom stereocenters. The van der Waals surface area contributed by atoms with Crippen molar-refractivity contribution >= 4 is 22.7 Å². The maximum atomic E-state index is 5.69. The van der Waals surface area contributed by atoms with Crippen LogP contribution in [0.2, 0.25) is 0 Å². The number of nitrogens with zero attached hydrogens (tertiary/aromatic N) is 3. The van der Waals surface area contributed by atoms with Crippen LogP contribution in [-0.2, 0) is 0 Å². The van der Waals surface area contributed by atoms with Crippen LogP contribution in [0.1, 0.15) is 24.6 Å². The SMILES string of the molecule is CC/C(N)=N/c1nc(C)c2cc(C)ccc2n1. The number of hydrogen-bond donors (Lipinski definition) is 1. The van der Waals surface area contributed by atoms with Crippen molar-refractivity contribution in [3.63, 3.8) is 0 Å². The molecule has 4 nitrogen and oxygen atoms in total. The average molecular weight is 228 g/mol. The summed E-state index contributed by atoms with van der Waals surface area (Å²) in [6, 6.07) is 6.10. The van der Waals surface area contributed by atoms with Gasteiger partial charge in [0.25, 0.3) is 5.95 Å². The lowest BCUT2D eigenvalue weighted by Gasteiger charge is -2.04. The van der Waals surface area contributed by atoms with Crippen LogP contribution < -0.4 is 5.73 Å². The largest absolute Gasteiger partial charge is 0.387 e. The van der Waals surface area contributed by atoms with Crippen molar-refractivity contribution in [1.82, 2.24) is 9.97 Å². The predicted octanol–water partition coefficient (Wildman–Crippen LogP) is 2.65. The van der Waals surface area contributed by atoms with Crippen molar-refractivity contribution in [2.75, 3.05) is 0 Å². The van der Waals surface area contributed by atoms with Crippen molar-refractivity contribution in [2.45, 2.75) is 27.2 Å². The number of aryl methyl sites for hydroxylation is 2. The Balaban J connectivity index is 2.60. The Bertz CT molecular complexity index is 587. The summed E-state index contributed by atoms with van der Waals surface area (Å²) in [5.41, 5.74) is 8.74. The maximum Gasteiger partial charge on any atom is 0.251 e. The number of nitrogens with two attached hydrogens (primary N) is 1. The second-order valence-corrected chi connectivity index (χ2v) is 4.09. The van der Waals surface area contributed by atoms with Gasteiger partial charge in [0, 0.05) is 11.8 Å². The first-order valence-corrected chi connectivity index (χ1v) is 5.68. The van der Waals surface area contributed by atoms with E-state index in [0.717, 1.165) is 16.6 Å². The van der Waals surface area contributed by atoms with E-state index >= 15 is 0 Å². The van der Waals surface area contributed by atoms with E-state index in [9.17, 15) is 0 Å². The molecule has 0 aliphatic rings. The number of fused-ring (bicyclic) bond motifs is 1. The molecule has 0 atom stereocenters. The summed E-state index contributed by atoms with van der Waals surface area (Å²) in [6.45, 7) is 5.97. The highest BCUT2D eigenvalue weighted by Gasteiger charge is 2.04. The molecule has 88 valence electrons. The smallest absolute Gasteiger partial charge is 0.251 e. The van der Waals surface area contributed by atoms with Crippen molar-refractivity contribution < 1.29 is 0 Å². The van der Waals surface area contributed by atoms with Gasteiger partial charge in [-0.1, -0.05) is 18.6 Å². The van der Waals surface area contributed by atoms with Crippen LogP contribution >= 0.6 is 0 Å². The minimum atomic E-state index is 0.443. The van der Waals surface area contributed by atoms with Gasteiger partial charge in [-0.3, -0.25) is 0 Å². The molecule has 0 amide bonds. The number of rotatable bonds is 2. The van der Waals surface area contributed by atoms with E-state index < -0.39 is 0 Å². The van der Waals surface area contributed by atoms with Gasteiger partial charge < -0.3 is 5.73 Å². The van der Waals surface area contributed by atoms with Crippen molar-refractivity contribution in [2.24, 2.45) is 10.7 Å². The molecule has 0 aliphatic carbocycles. The third-order valence-electron chi connectivity index (χ3n) is 2.64. The topological polar surface area (TPSA) is 64.2 Å². The zero-order chi connectivity index (χ0) is 12.4. The van der Waals surface area contributed by atoms with Crippen LogP contribution in [0.15, 0.2) is 23.2 Å². The summed E-state index contributed by atoms with van der Waals surface area (Å²) in [7, 11) is 0. The molecule has 1 aromatic carbocycles. The van der Waals surface area contributed by atoms with Crippen LogP contribution in [0.25, 0.3) is 10.9 Å². The Morgan fingerprint density at radius 3 is 2.76 bits per heavy atom. The molecule has 0 bridgehead atoms. The monoisotopic (exact) mass is 228 g/mol. The van der Waals surface area contributed by atoms with Gasteiger partial charge in [0.1, 0.15) is 5.84 Å². The Kier molecular flexibility index (Phi) is 3.04. The second kappa shape index (κ2) is 4.49. The van der Waals surface area contributed by atoms with Gasteiger partial charge in [0.2, 0.25) is 0 Å². The van der Waals surface area contributed by atoms with E-state index in [1.807, 2.05) is 26.0 Å². The zero-order valence-corrected chi connectivity index (χ0v) is 10.4. The predicted molar refractivity (Wildman–Crippen MR) is 70.6 cm³/mol. The molecule has 2 rings (SSSR count). The summed E-state index contributed by atoms with van der Waals surface area (Å²) in [6.07, 6.45) is 0.703. The molecule has 2 N–H and O–H groups in total. The van der Waals surface area contributed by atoms with Gasteiger partial charge in [0.05, 0.1) is 11.2 Å². The minimum absolute atomic E-state index is 0.443. The summed E-state index contributed by atoms with van der Waals surface area (Å²) in [4.78, 5) is 12.9. The number of aromatic nitrogens is 2. The number of hydrogen-bond acceptors (Lipinski definition) is 3. The average Bonchev–Trinajstić information content (AvgIpc) is 2.30. The summed E-state index contributed by atoms with van der Waals surface area (Å²) in [5.74, 6) is 0.995. The number of aliphatic imine (C=N–C) groups is 1. The first-order chi connectivity index (χ1) is 8.10. The van der Waals surface area contributed by atoms with Gasteiger partial charge in [-0.2, -0.15) is 4.99 Å². The Morgan fingerprint density at radius 2 is 2.06 bits per heavy atom. The molecule has 2 aromatic rings. The van der Waals surface area contributed by atoms with Crippen LogP contribution in [0, 0.1) is 13.8 Å². The molecule has 0 aliphatic heterocycles. The molecular formula is C13H16N4. The van der Waals surface area contributed by atoms with Gasteiger partial charge in [-0.05, 0) is 26.0 Å². The molecule has 0 saturated heterocycles. The van der Waals surface area contributed by atoms with Crippen molar-refractivity contribution in [3.8, 4) is 0 Å². The summed E-state index contributed by atoms with van der Waals surface area (Å²) >= 11 is 0. The van der Waals surface area contributed by atoms with E-state index in [1.54, 1.807) is 0 Å². The molecule has 0 saturated carbocycles. The van der Waals surface area contributed by atoms with Gasteiger partial charge in [-0.25, -0.2) is 9.97 Å². The highest BCUT2D eigenvalue weighted by molar-refractivity contribution is 5.84. The third kappa shape index (κ3) is 2.41. The van der Waals surface area contributed by atoms with Crippen LogP contribution in [0.3, 0.4) is 0 Å². The molecule has 1 aromatic heterocycles.